The fourth-order valence-electron chi connectivity index (χ4n) is 2.15. The molecule has 0 N–H and O–H groups in total. The highest BCUT2D eigenvalue weighted by Gasteiger charge is 2.01. The molecule has 0 bridgehead atoms. The van der Waals surface area contributed by atoms with Crippen LogP contribution in [0.2, 0.25) is 10.0 Å². The van der Waals surface area contributed by atoms with Crippen LogP contribution in [0.5, 0.6) is 5.75 Å². The molecule has 0 saturated heterocycles. The molecule has 0 saturated carbocycles. The van der Waals surface area contributed by atoms with E-state index in [9.17, 15) is 0 Å². The monoisotopic (exact) mass is 337 g/mol. The molecule has 0 aromatic heterocycles. The minimum Gasteiger partial charge on any atom is -0.489 e. The van der Waals surface area contributed by atoms with E-state index in [1.165, 1.54) is 5.56 Å². The summed E-state index contributed by atoms with van der Waals surface area (Å²) < 4.78 is 5.77. The van der Waals surface area contributed by atoms with Gasteiger partial charge in [-0.2, -0.15) is 0 Å². The first-order valence-electron chi connectivity index (χ1n) is 7.35. The Morgan fingerprint density at radius 3 is 2.23 bits per heavy atom. The predicted molar refractivity (Wildman–Crippen MR) is 94.1 cm³/mol. The Hall–Kier alpha value is -1.22. The van der Waals surface area contributed by atoms with Crippen molar-refractivity contribution in [3.8, 4) is 5.75 Å². The summed E-state index contributed by atoms with van der Waals surface area (Å²) in [4.78, 5) is 2.20. The molecule has 2 rings (SSSR count). The van der Waals surface area contributed by atoms with Crippen LogP contribution in [-0.4, -0.2) is 25.5 Å². The molecule has 2 aromatic carbocycles. The summed E-state index contributed by atoms with van der Waals surface area (Å²) in [7, 11) is 4.19. The van der Waals surface area contributed by atoms with Gasteiger partial charge in [0.25, 0.3) is 0 Å². The average molecular weight is 338 g/mol. The largest absolute Gasteiger partial charge is 0.489 e. The van der Waals surface area contributed by atoms with E-state index in [1.54, 1.807) is 6.07 Å². The molecule has 2 nitrogen and oxygen atoms in total. The van der Waals surface area contributed by atoms with Gasteiger partial charge in [-0.1, -0.05) is 41.4 Å². The smallest absolute Gasteiger partial charge is 0.119 e. The van der Waals surface area contributed by atoms with Gasteiger partial charge in [0.15, 0.2) is 0 Å². The van der Waals surface area contributed by atoms with Crippen LogP contribution in [0.25, 0.3) is 0 Å². The van der Waals surface area contributed by atoms with Gasteiger partial charge in [0.2, 0.25) is 0 Å². The number of hydrogen-bond donors (Lipinski definition) is 0. The second-order valence-electron chi connectivity index (χ2n) is 5.59. The van der Waals surface area contributed by atoms with E-state index in [4.69, 9.17) is 27.9 Å². The zero-order chi connectivity index (χ0) is 15.9. The maximum absolute atomic E-state index is 6.00. The fraction of sp³-hybridized carbons (Fsp3) is 0.333. The van der Waals surface area contributed by atoms with Crippen LogP contribution < -0.4 is 4.74 Å². The number of hydrogen-bond acceptors (Lipinski definition) is 2. The zero-order valence-corrected chi connectivity index (χ0v) is 14.5. The molecule has 0 fully saturated rings. The highest BCUT2D eigenvalue weighted by molar-refractivity contribution is 6.42. The number of halogens is 2. The van der Waals surface area contributed by atoms with E-state index in [2.05, 4.69) is 31.1 Å². The number of aryl methyl sites for hydroxylation is 1. The summed E-state index contributed by atoms with van der Waals surface area (Å²) in [6, 6.07) is 13.8. The molecule has 0 unspecified atom stereocenters. The third-order valence-electron chi connectivity index (χ3n) is 3.38. The van der Waals surface area contributed by atoms with Gasteiger partial charge in [-0.25, -0.2) is 0 Å². The Balaban J connectivity index is 1.84. The van der Waals surface area contributed by atoms with E-state index in [0.717, 1.165) is 30.7 Å². The SMILES string of the molecule is CN(C)CCCc1ccc(OCc2ccc(Cl)c(Cl)c2)cc1. The number of nitrogens with zero attached hydrogens (tertiary/aromatic N) is 1. The lowest BCUT2D eigenvalue weighted by Crippen LogP contribution is -2.13. The normalized spacial score (nSPS) is 11.0. The van der Waals surface area contributed by atoms with Crippen molar-refractivity contribution in [3.63, 3.8) is 0 Å². The molecule has 4 heteroatoms. The Morgan fingerprint density at radius 2 is 1.59 bits per heavy atom. The Kier molecular flexibility index (Phi) is 6.56. The number of rotatable bonds is 7. The quantitative estimate of drug-likeness (QED) is 0.699. The molecule has 0 atom stereocenters. The second kappa shape index (κ2) is 8.42. The third kappa shape index (κ3) is 5.53. The van der Waals surface area contributed by atoms with Crippen molar-refractivity contribution in [3.05, 3.63) is 63.6 Å². The maximum Gasteiger partial charge on any atom is 0.119 e. The van der Waals surface area contributed by atoms with Crippen molar-refractivity contribution in [2.24, 2.45) is 0 Å². The van der Waals surface area contributed by atoms with Crippen LogP contribution >= 0.6 is 23.2 Å². The molecule has 22 heavy (non-hydrogen) atoms. The summed E-state index contributed by atoms with van der Waals surface area (Å²) in [5.74, 6) is 0.863. The summed E-state index contributed by atoms with van der Waals surface area (Å²) in [5.41, 5.74) is 2.34. The highest BCUT2D eigenvalue weighted by atomic mass is 35.5. The van der Waals surface area contributed by atoms with Gasteiger partial charge in [0.1, 0.15) is 12.4 Å². The highest BCUT2D eigenvalue weighted by Crippen LogP contribution is 2.23. The molecule has 0 aliphatic heterocycles. The summed E-state index contributed by atoms with van der Waals surface area (Å²) in [5, 5.41) is 1.12. The van der Waals surface area contributed by atoms with Gasteiger partial charge in [-0.15, -0.1) is 0 Å². The van der Waals surface area contributed by atoms with E-state index < -0.39 is 0 Å². The summed E-state index contributed by atoms with van der Waals surface area (Å²) >= 11 is 11.9. The molecule has 0 amide bonds. The van der Waals surface area contributed by atoms with Gasteiger partial charge >= 0.3 is 0 Å². The van der Waals surface area contributed by atoms with Gasteiger partial charge in [0, 0.05) is 0 Å². The minimum atomic E-state index is 0.483. The van der Waals surface area contributed by atoms with Crippen LogP contribution in [0.3, 0.4) is 0 Å². The molecule has 118 valence electrons. The summed E-state index contributed by atoms with van der Waals surface area (Å²) in [6.45, 7) is 1.59. The van der Waals surface area contributed by atoms with E-state index in [0.29, 0.717) is 16.7 Å². The van der Waals surface area contributed by atoms with Crippen molar-refractivity contribution in [2.75, 3.05) is 20.6 Å². The van der Waals surface area contributed by atoms with Crippen molar-refractivity contribution in [2.45, 2.75) is 19.4 Å². The van der Waals surface area contributed by atoms with Gasteiger partial charge in [0.05, 0.1) is 10.0 Å². The van der Waals surface area contributed by atoms with Crippen LogP contribution in [0.1, 0.15) is 17.5 Å². The van der Waals surface area contributed by atoms with Crippen LogP contribution in [-0.2, 0) is 13.0 Å². The summed E-state index contributed by atoms with van der Waals surface area (Å²) in [6.07, 6.45) is 2.25. The van der Waals surface area contributed by atoms with E-state index >= 15 is 0 Å². The number of benzene rings is 2. The maximum atomic E-state index is 6.00. The Bertz CT molecular complexity index is 597. The molecule has 0 heterocycles. The van der Waals surface area contributed by atoms with Crippen LogP contribution in [0.15, 0.2) is 42.5 Å². The lowest BCUT2D eigenvalue weighted by Gasteiger charge is -2.10. The van der Waals surface area contributed by atoms with Gasteiger partial charge in [-0.05, 0) is 68.9 Å². The molecular formula is C18H21Cl2NO. The number of ether oxygens (including phenoxy) is 1. The minimum absolute atomic E-state index is 0.483. The molecule has 0 aliphatic rings. The van der Waals surface area contributed by atoms with E-state index in [-0.39, 0.29) is 0 Å². The Labute approximate surface area is 142 Å². The van der Waals surface area contributed by atoms with Crippen LogP contribution in [0.4, 0.5) is 0 Å². The van der Waals surface area contributed by atoms with Crippen molar-refractivity contribution < 1.29 is 4.74 Å². The molecule has 2 aromatic rings. The molecular weight excluding hydrogens is 317 g/mol. The molecule has 0 radical (unpaired) electrons. The first-order valence-corrected chi connectivity index (χ1v) is 8.10. The average Bonchev–Trinajstić information content (AvgIpc) is 2.49. The predicted octanol–water partition coefficient (Wildman–Crippen LogP) is 5.07. The van der Waals surface area contributed by atoms with Crippen LogP contribution in [0, 0.1) is 0 Å². The zero-order valence-electron chi connectivity index (χ0n) is 13.0. The van der Waals surface area contributed by atoms with E-state index in [1.807, 2.05) is 24.3 Å². The molecule has 0 spiro atoms. The fourth-order valence-corrected chi connectivity index (χ4v) is 2.47. The lowest BCUT2D eigenvalue weighted by atomic mass is 10.1. The standard InChI is InChI=1S/C18H21Cl2NO/c1-21(2)11-3-4-14-5-8-16(9-6-14)22-13-15-7-10-17(19)18(20)12-15/h5-10,12H,3-4,11,13H2,1-2H3. The topological polar surface area (TPSA) is 12.5 Å². The lowest BCUT2D eigenvalue weighted by molar-refractivity contribution is 0.306. The van der Waals surface area contributed by atoms with Crippen molar-refractivity contribution in [1.29, 1.82) is 0 Å². The van der Waals surface area contributed by atoms with Crippen molar-refractivity contribution in [1.82, 2.24) is 4.90 Å². The first-order chi connectivity index (χ1) is 10.5. The Morgan fingerprint density at radius 1 is 0.909 bits per heavy atom. The van der Waals surface area contributed by atoms with Crippen molar-refractivity contribution >= 4 is 23.2 Å². The molecule has 0 aliphatic carbocycles. The second-order valence-corrected chi connectivity index (χ2v) is 6.40. The van der Waals surface area contributed by atoms with Gasteiger partial charge < -0.3 is 9.64 Å². The third-order valence-corrected chi connectivity index (χ3v) is 4.12. The van der Waals surface area contributed by atoms with Gasteiger partial charge in [-0.3, -0.25) is 0 Å². The first kappa shape index (κ1) is 17.1.